The number of allylic oxidation sites excluding steroid dienone is 1. The van der Waals surface area contributed by atoms with Crippen LogP contribution in [0.2, 0.25) is 0 Å². The molecule has 4 amide bonds. The minimum absolute atomic E-state index is 0.0335. The Morgan fingerprint density at radius 3 is 2.27 bits per heavy atom. The van der Waals surface area contributed by atoms with Crippen LogP contribution in [0, 0.1) is 0 Å². The van der Waals surface area contributed by atoms with Gasteiger partial charge in [0.25, 0.3) is 0 Å². The third-order valence-electron chi connectivity index (χ3n) is 6.74. The second-order valence-electron chi connectivity index (χ2n) is 10.1. The van der Waals surface area contributed by atoms with Gasteiger partial charge in [-0.1, -0.05) is 37.1 Å². The van der Waals surface area contributed by atoms with Gasteiger partial charge in [0, 0.05) is 53.0 Å². The summed E-state index contributed by atoms with van der Waals surface area (Å²) >= 11 is 0. The van der Waals surface area contributed by atoms with E-state index in [1.54, 1.807) is 0 Å². The van der Waals surface area contributed by atoms with Crippen LogP contribution in [0.1, 0.15) is 69.9 Å². The first kappa shape index (κ1) is 30.9. The van der Waals surface area contributed by atoms with Crippen LogP contribution in [0.5, 0.6) is 0 Å². The predicted molar refractivity (Wildman–Crippen MR) is 150 cm³/mol. The quantitative estimate of drug-likeness (QED) is 0.184. The Labute approximate surface area is 236 Å². The first-order valence-corrected chi connectivity index (χ1v) is 14.1. The molecule has 1 atom stereocenters. The number of nitrogens with one attached hydrogen (secondary N) is 6. The van der Waals surface area contributed by atoms with Gasteiger partial charge in [0.05, 0.1) is 11.4 Å². The molecule has 0 saturated carbocycles. The number of hydrogen-bond acceptors (Lipinski definition) is 8. The van der Waals surface area contributed by atoms with Crippen LogP contribution in [0.15, 0.2) is 35.7 Å². The molecule has 1 aromatic carbocycles. The van der Waals surface area contributed by atoms with Crippen molar-refractivity contribution < 1.29 is 23.9 Å². The highest BCUT2D eigenvalue weighted by Gasteiger charge is 2.29. The van der Waals surface area contributed by atoms with E-state index in [9.17, 15) is 19.2 Å². The van der Waals surface area contributed by atoms with E-state index in [0.717, 1.165) is 61.0 Å². The Morgan fingerprint density at radius 2 is 1.57 bits per heavy atom. The van der Waals surface area contributed by atoms with Crippen LogP contribution in [-0.2, 0) is 37.0 Å². The molecule has 0 aromatic heterocycles. The summed E-state index contributed by atoms with van der Waals surface area (Å²) in [5, 5.41) is 13.3. The molecule has 1 aliphatic heterocycles. The zero-order valence-corrected chi connectivity index (χ0v) is 23.6. The molecular weight excluding hydrogens is 514 g/mol. The van der Waals surface area contributed by atoms with Crippen molar-refractivity contribution in [2.24, 2.45) is 0 Å². The van der Waals surface area contributed by atoms with Crippen LogP contribution in [0.25, 0.3) is 0 Å². The van der Waals surface area contributed by atoms with Gasteiger partial charge < -0.3 is 31.4 Å². The Morgan fingerprint density at radius 1 is 0.875 bits per heavy atom. The van der Waals surface area contributed by atoms with Gasteiger partial charge >= 0.3 is 0 Å². The van der Waals surface area contributed by atoms with E-state index in [2.05, 4.69) is 37.2 Å². The standard InChI is InChI=1S/C28H43N7O5/c1-20(36)29-15-13-26(38)30-14-6-16-35-24-7-4-3-5-8-25(28(24)33-34-35)40-19-27(39)32-18-23-11-9-22(10-12-23)17-31-21(2)37/h9-12,25,33-34H,3-8,13-19H2,1-2H3,(H,29,36)(H,30,38)(H,31,37)(H,32,39). The Kier molecular flexibility index (Phi) is 12.7. The summed E-state index contributed by atoms with van der Waals surface area (Å²) in [6.45, 7) is 5.34. The fourth-order valence-corrected chi connectivity index (χ4v) is 4.58. The van der Waals surface area contributed by atoms with Gasteiger partial charge in [0.15, 0.2) is 0 Å². The van der Waals surface area contributed by atoms with Crippen molar-refractivity contribution in [3.8, 4) is 0 Å². The number of hydrogen-bond donors (Lipinski definition) is 6. The lowest BCUT2D eigenvalue weighted by Gasteiger charge is -2.24. The largest absolute Gasteiger partial charge is 0.362 e. The molecule has 0 saturated heterocycles. The second-order valence-corrected chi connectivity index (χ2v) is 10.1. The summed E-state index contributed by atoms with van der Waals surface area (Å²) in [5.74, 6) is -0.478. The van der Waals surface area contributed by atoms with E-state index in [1.165, 1.54) is 13.8 Å². The molecule has 0 spiro atoms. The SMILES string of the molecule is CC(=O)NCCC(=O)NCCCN1NNC2=C1CCCCCC2OCC(=O)NCc1ccc(CNC(C)=O)cc1. The Balaban J connectivity index is 1.42. The van der Waals surface area contributed by atoms with Gasteiger partial charge in [-0.15, -0.1) is 5.53 Å². The van der Waals surface area contributed by atoms with Crippen molar-refractivity contribution in [2.75, 3.05) is 26.2 Å². The van der Waals surface area contributed by atoms with E-state index in [-0.39, 0.29) is 42.8 Å². The predicted octanol–water partition coefficient (Wildman–Crippen LogP) is 0.857. The molecule has 2 aliphatic rings. The van der Waals surface area contributed by atoms with Gasteiger partial charge in [0.2, 0.25) is 23.6 Å². The van der Waals surface area contributed by atoms with E-state index < -0.39 is 0 Å². The van der Waals surface area contributed by atoms with Gasteiger partial charge in [0.1, 0.15) is 12.7 Å². The molecule has 12 nitrogen and oxygen atoms in total. The monoisotopic (exact) mass is 557 g/mol. The highest BCUT2D eigenvalue weighted by atomic mass is 16.5. The molecule has 1 aliphatic carbocycles. The van der Waals surface area contributed by atoms with Crippen molar-refractivity contribution in [3.63, 3.8) is 0 Å². The molecule has 1 heterocycles. The lowest BCUT2D eigenvalue weighted by molar-refractivity contribution is -0.127. The van der Waals surface area contributed by atoms with Crippen molar-refractivity contribution in [2.45, 2.75) is 78.0 Å². The first-order chi connectivity index (χ1) is 19.3. The normalized spacial score (nSPS) is 16.8. The number of ether oxygens (including phenoxy) is 1. The number of hydrazine groups is 2. The number of benzene rings is 1. The lowest BCUT2D eigenvalue weighted by Crippen LogP contribution is -2.40. The summed E-state index contributed by atoms with van der Waals surface area (Å²) in [6, 6.07) is 7.74. The van der Waals surface area contributed by atoms with Gasteiger partial charge in [-0.05, 0) is 36.8 Å². The van der Waals surface area contributed by atoms with Crippen molar-refractivity contribution >= 4 is 23.6 Å². The topological polar surface area (TPSA) is 153 Å². The number of carbonyl (C=O) groups is 4. The number of rotatable bonds is 14. The molecule has 1 unspecified atom stereocenters. The maximum Gasteiger partial charge on any atom is 0.246 e. The highest BCUT2D eigenvalue weighted by Crippen LogP contribution is 2.28. The molecule has 0 radical (unpaired) electrons. The summed E-state index contributed by atoms with van der Waals surface area (Å²) < 4.78 is 6.09. The second kappa shape index (κ2) is 16.5. The average Bonchev–Trinajstić information content (AvgIpc) is 3.30. The molecule has 3 rings (SSSR count). The van der Waals surface area contributed by atoms with Crippen LogP contribution < -0.4 is 32.2 Å². The zero-order chi connectivity index (χ0) is 28.7. The molecule has 220 valence electrons. The Hall–Kier alpha value is -3.64. The van der Waals surface area contributed by atoms with E-state index in [1.807, 2.05) is 24.3 Å². The van der Waals surface area contributed by atoms with E-state index >= 15 is 0 Å². The minimum atomic E-state index is -0.208. The molecular formula is C28H43N7O5. The van der Waals surface area contributed by atoms with E-state index in [0.29, 0.717) is 32.7 Å². The van der Waals surface area contributed by atoms with Crippen LogP contribution in [0.3, 0.4) is 0 Å². The summed E-state index contributed by atoms with van der Waals surface area (Å²) in [5.41, 5.74) is 10.6. The fraction of sp³-hybridized carbons (Fsp3) is 0.571. The maximum absolute atomic E-state index is 12.5. The van der Waals surface area contributed by atoms with E-state index in [4.69, 9.17) is 4.74 Å². The van der Waals surface area contributed by atoms with Crippen LogP contribution >= 0.6 is 0 Å². The van der Waals surface area contributed by atoms with Gasteiger partial charge in [-0.2, -0.15) is 0 Å². The minimum Gasteiger partial charge on any atom is -0.362 e. The molecule has 0 fully saturated rings. The smallest absolute Gasteiger partial charge is 0.246 e. The number of amides is 4. The Bertz CT molecular complexity index is 1040. The van der Waals surface area contributed by atoms with Crippen LogP contribution in [0.4, 0.5) is 0 Å². The van der Waals surface area contributed by atoms with Crippen LogP contribution in [-0.4, -0.2) is 61.0 Å². The third kappa shape index (κ3) is 10.9. The molecule has 40 heavy (non-hydrogen) atoms. The lowest BCUT2D eigenvalue weighted by atomic mass is 9.99. The average molecular weight is 558 g/mol. The summed E-state index contributed by atoms with van der Waals surface area (Å²) in [4.78, 5) is 46.4. The zero-order valence-electron chi connectivity index (χ0n) is 23.6. The fourth-order valence-electron chi connectivity index (χ4n) is 4.58. The highest BCUT2D eigenvalue weighted by molar-refractivity contribution is 5.78. The number of carbonyl (C=O) groups excluding carboxylic acids is 4. The molecule has 12 heteroatoms. The number of nitrogens with zero attached hydrogens (tertiary/aromatic N) is 1. The third-order valence-corrected chi connectivity index (χ3v) is 6.74. The van der Waals surface area contributed by atoms with Crippen molar-refractivity contribution in [1.29, 1.82) is 0 Å². The van der Waals surface area contributed by atoms with Crippen molar-refractivity contribution in [1.82, 2.24) is 37.2 Å². The molecule has 6 N–H and O–H groups in total. The first-order valence-electron chi connectivity index (χ1n) is 14.1. The summed E-state index contributed by atoms with van der Waals surface area (Å²) in [7, 11) is 0. The van der Waals surface area contributed by atoms with Gasteiger partial charge in [-0.25, -0.2) is 0 Å². The summed E-state index contributed by atoms with van der Waals surface area (Å²) in [6.07, 6.45) is 5.74. The van der Waals surface area contributed by atoms with Gasteiger partial charge in [-0.3, -0.25) is 24.2 Å². The molecule has 1 aromatic rings. The maximum atomic E-state index is 12.5. The van der Waals surface area contributed by atoms with Crippen molar-refractivity contribution in [3.05, 3.63) is 46.8 Å². The molecule has 0 bridgehead atoms.